The van der Waals surface area contributed by atoms with Crippen LogP contribution in [0.25, 0.3) is 16.7 Å². The van der Waals surface area contributed by atoms with Crippen molar-refractivity contribution in [3.8, 4) is 11.4 Å². The van der Waals surface area contributed by atoms with Gasteiger partial charge in [0.1, 0.15) is 11.6 Å². The first-order chi connectivity index (χ1) is 20.3. The quantitative estimate of drug-likeness (QED) is 0.297. The number of aliphatic hydroxyl groups is 1. The monoisotopic (exact) mass is 566 g/mol. The fourth-order valence-corrected chi connectivity index (χ4v) is 6.91. The van der Waals surface area contributed by atoms with Gasteiger partial charge in [0, 0.05) is 37.4 Å². The smallest absolute Gasteiger partial charge is 0.255 e. The minimum atomic E-state index is -0.180. The molecular weight excluding hydrogens is 524 g/mol. The highest BCUT2D eigenvalue weighted by Crippen LogP contribution is 2.37. The maximum atomic E-state index is 14.2. The summed E-state index contributed by atoms with van der Waals surface area (Å²) in [5.74, 6) is 1.80. The lowest BCUT2D eigenvalue weighted by molar-refractivity contribution is 0.0597. The third kappa shape index (κ3) is 5.55. The molecule has 0 aliphatic carbocycles. The predicted molar refractivity (Wildman–Crippen MR) is 166 cm³/mol. The number of hydrogen-bond donors (Lipinski definition) is 1. The summed E-state index contributed by atoms with van der Waals surface area (Å²) in [5, 5.41) is 9.93. The standard InChI is InChI=1S/C35H42N4O3/c1-23-19-24(2)33(25(3)20-23)35(41)38-16-6-5-7-32(38)34-36-30-21-26(22-37-17-14-28(40)15-18-37)8-13-31(30)39(34)27-9-11-29(42-4)12-10-27/h8-13,19-21,28,32,40H,5-7,14-18,22H2,1-4H3. The second-order valence-electron chi connectivity index (χ2n) is 12.1. The van der Waals surface area contributed by atoms with Crippen molar-refractivity contribution in [2.24, 2.45) is 0 Å². The van der Waals surface area contributed by atoms with E-state index in [1.165, 1.54) is 11.1 Å². The lowest BCUT2D eigenvalue weighted by Gasteiger charge is -2.36. The van der Waals surface area contributed by atoms with Gasteiger partial charge in [-0.15, -0.1) is 0 Å². The van der Waals surface area contributed by atoms with Crippen LogP contribution in [0, 0.1) is 20.8 Å². The van der Waals surface area contributed by atoms with Gasteiger partial charge in [-0.3, -0.25) is 14.3 Å². The number of hydrogen-bond acceptors (Lipinski definition) is 5. The van der Waals surface area contributed by atoms with Gasteiger partial charge in [0.15, 0.2) is 0 Å². The summed E-state index contributed by atoms with van der Waals surface area (Å²) < 4.78 is 7.68. The summed E-state index contributed by atoms with van der Waals surface area (Å²) in [5.41, 5.74) is 8.24. The van der Waals surface area contributed by atoms with E-state index in [0.29, 0.717) is 6.54 Å². The molecule has 1 unspecified atom stereocenters. The number of aryl methyl sites for hydroxylation is 3. The van der Waals surface area contributed by atoms with E-state index < -0.39 is 0 Å². The minimum absolute atomic E-state index is 0.0935. The van der Waals surface area contributed by atoms with Gasteiger partial charge in [0.25, 0.3) is 5.91 Å². The number of carbonyl (C=O) groups is 1. The molecule has 2 saturated heterocycles. The molecule has 42 heavy (non-hydrogen) atoms. The Balaban J connectivity index is 1.42. The van der Waals surface area contributed by atoms with Gasteiger partial charge in [-0.05, 0) is 106 Å². The van der Waals surface area contributed by atoms with Crippen LogP contribution in [0.15, 0.2) is 54.6 Å². The maximum Gasteiger partial charge on any atom is 0.255 e. The predicted octanol–water partition coefficient (Wildman–Crippen LogP) is 6.28. The number of benzene rings is 3. The zero-order valence-electron chi connectivity index (χ0n) is 25.3. The van der Waals surface area contributed by atoms with E-state index in [1.54, 1.807) is 7.11 Å². The summed E-state index contributed by atoms with van der Waals surface area (Å²) in [6.45, 7) is 9.54. The Labute approximate surface area is 248 Å². The van der Waals surface area contributed by atoms with Gasteiger partial charge in [-0.1, -0.05) is 23.8 Å². The van der Waals surface area contributed by atoms with Gasteiger partial charge in [-0.25, -0.2) is 4.98 Å². The minimum Gasteiger partial charge on any atom is -0.497 e. The van der Waals surface area contributed by atoms with Crippen molar-refractivity contribution in [1.82, 2.24) is 19.4 Å². The normalized spacial score (nSPS) is 18.5. The highest BCUT2D eigenvalue weighted by atomic mass is 16.5. The fraction of sp³-hybridized carbons (Fsp3) is 0.429. The molecule has 2 fully saturated rings. The molecule has 0 bridgehead atoms. The van der Waals surface area contributed by atoms with E-state index >= 15 is 0 Å². The molecular formula is C35H42N4O3. The Bertz CT molecular complexity index is 1560. The van der Waals surface area contributed by atoms with E-state index in [2.05, 4.69) is 63.8 Å². The molecule has 0 spiro atoms. The van der Waals surface area contributed by atoms with E-state index in [1.807, 2.05) is 26.0 Å². The van der Waals surface area contributed by atoms with Gasteiger partial charge >= 0.3 is 0 Å². The van der Waals surface area contributed by atoms with Gasteiger partial charge in [-0.2, -0.15) is 0 Å². The van der Waals surface area contributed by atoms with Crippen LogP contribution < -0.4 is 4.74 Å². The number of ether oxygens (including phenoxy) is 1. The molecule has 2 aliphatic rings. The van der Waals surface area contributed by atoms with Crippen LogP contribution in [0.3, 0.4) is 0 Å². The summed E-state index contributed by atoms with van der Waals surface area (Å²) in [6, 6.07) is 18.8. The van der Waals surface area contributed by atoms with Crippen molar-refractivity contribution in [2.45, 2.75) is 71.6 Å². The van der Waals surface area contributed by atoms with Crippen LogP contribution in [-0.2, 0) is 6.54 Å². The van der Waals surface area contributed by atoms with Crippen LogP contribution in [-0.4, -0.2) is 63.2 Å². The highest BCUT2D eigenvalue weighted by molar-refractivity contribution is 5.97. The number of aromatic nitrogens is 2. The first kappa shape index (κ1) is 28.4. The van der Waals surface area contributed by atoms with Crippen LogP contribution in [0.5, 0.6) is 5.75 Å². The molecule has 1 amide bonds. The number of methoxy groups -OCH3 is 1. The molecule has 3 heterocycles. The number of nitrogens with zero attached hydrogens (tertiary/aromatic N) is 4. The molecule has 1 aromatic heterocycles. The van der Waals surface area contributed by atoms with Crippen LogP contribution in [0.1, 0.15) is 76.6 Å². The molecule has 220 valence electrons. The number of piperidine rings is 2. The van der Waals surface area contributed by atoms with Crippen molar-refractivity contribution in [2.75, 3.05) is 26.7 Å². The van der Waals surface area contributed by atoms with E-state index in [9.17, 15) is 9.90 Å². The molecule has 7 nitrogen and oxygen atoms in total. The molecule has 7 heteroatoms. The van der Waals surface area contributed by atoms with E-state index in [0.717, 1.165) is 96.7 Å². The number of fused-ring (bicyclic) bond motifs is 1. The number of imidazole rings is 1. The summed E-state index contributed by atoms with van der Waals surface area (Å²) in [4.78, 5) is 24.0. The molecule has 0 radical (unpaired) electrons. The highest BCUT2D eigenvalue weighted by Gasteiger charge is 2.34. The molecule has 2 aliphatic heterocycles. The third-order valence-corrected chi connectivity index (χ3v) is 8.99. The van der Waals surface area contributed by atoms with Crippen molar-refractivity contribution >= 4 is 16.9 Å². The van der Waals surface area contributed by atoms with E-state index in [-0.39, 0.29) is 18.1 Å². The summed E-state index contributed by atoms with van der Waals surface area (Å²) >= 11 is 0. The molecule has 0 saturated carbocycles. The van der Waals surface area contributed by atoms with Crippen molar-refractivity contribution in [3.05, 3.63) is 88.2 Å². The Morgan fingerprint density at radius 1 is 0.929 bits per heavy atom. The Kier molecular flexibility index (Phi) is 8.06. The largest absolute Gasteiger partial charge is 0.497 e. The number of amides is 1. The van der Waals surface area contributed by atoms with Gasteiger partial charge in [0.05, 0.1) is 30.3 Å². The SMILES string of the molecule is COc1ccc(-n2c(C3CCCCN3C(=O)c3c(C)cc(C)cc3C)nc3cc(CN4CCC(O)CC4)ccc32)cc1. The molecule has 1 atom stereocenters. The number of rotatable bonds is 6. The van der Waals surface area contributed by atoms with Crippen molar-refractivity contribution < 1.29 is 14.6 Å². The first-order valence-electron chi connectivity index (χ1n) is 15.3. The lowest BCUT2D eigenvalue weighted by Crippen LogP contribution is -2.40. The molecule has 6 rings (SSSR count). The maximum absolute atomic E-state index is 14.2. The molecule has 4 aromatic rings. The Hall–Kier alpha value is -3.68. The zero-order valence-corrected chi connectivity index (χ0v) is 25.3. The second kappa shape index (κ2) is 11.9. The second-order valence-corrected chi connectivity index (χ2v) is 12.1. The zero-order chi connectivity index (χ0) is 29.4. The summed E-state index contributed by atoms with van der Waals surface area (Å²) in [6.07, 6.45) is 4.38. The van der Waals surface area contributed by atoms with Gasteiger partial charge < -0.3 is 14.7 Å². The van der Waals surface area contributed by atoms with Crippen molar-refractivity contribution in [3.63, 3.8) is 0 Å². The first-order valence-corrected chi connectivity index (χ1v) is 15.3. The average Bonchev–Trinajstić information content (AvgIpc) is 3.36. The van der Waals surface area contributed by atoms with Crippen LogP contribution >= 0.6 is 0 Å². The molecule has 3 aromatic carbocycles. The fourth-order valence-electron chi connectivity index (χ4n) is 6.91. The summed E-state index contributed by atoms with van der Waals surface area (Å²) in [7, 11) is 1.68. The van der Waals surface area contributed by atoms with Crippen LogP contribution in [0.4, 0.5) is 0 Å². The van der Waals surface area contributed by atoms with E-state index in [4.69, 9.17) is 9.72 Å². The topological polar surface area (TPSA) is 70.8 Å². The third-order valence-electron chi connectivity index (χ3n) is 8.99. The number of carbonyl (C=O) groups excluding carboxylic acids is 1. The van der Waals surface area contributed by atoms with Gasteiger partial charge in [0.2, 0.25) is 0 Å². The molecule has 1 N–H and O–H groups in total. The Morgan fingerprint density at radius 2 is 1.64 bits per heavy atom. The van der Waals surface area contributed by atoms with Crippen molar-refractivity contribution in [1.29, 1.82) is 0 Å². The Morgan fingerprint density at radius 3 is 2.33 bits per heavy atom. The lowest BCUT2D eigenvalue weighted by atomic mass is 9.95. The number of aliphatic hydroxyl groups excluding tert-OH is 1. The average molecular weight is 567 g/mol. The van der Waals surface area contributed by atoms with Crippen LogP contribution in [0.2, 0.25) is 0 Å². The number of likely N-dealkylation sites (tertiary alicyclic amines) is 2.